The van der Waals surface area contributed by atoms with Gasteiger partial charge >= 0.3 is 0 Å². The number of ether oxygens (including phenoxy) is 1. The lowest BCUT2D eigenvalue weighted by molar-refractivity contribution is -0.118. The maximum Gasteiger partial charge on any atom is 0.262 e. The summed E-state index contributed by atoms with van der Waals surface area (Å²) in [4.78, 5) is 23.4. The number of amides is 2. The standard InChI is InChI=1S/C22H20N2O3/c23-22(26)18-10-6-11-19(14-18)24-21(25)15-27-20-12-5-4-9-17(20)13-16-7-2-1-3-8-16/h1-12,14H,13,15H2,(H2,23,26)(H,24,25). The summed E-state index contributed by atoms with van der Waals surface area (Å²) < 4.78 is 5.72. The molecule has 0 fully saturated rings. The van der Waals surface area contributed by atoms with Crippen LogP contribution in [0.4, 0.5) is 5.69 Å². The second-order valence-corrected chi connectivity index (χ2v) is 6.05. The molecule has 0 aliphatic rings. The summed E-state index contributed by atoms with van der Waals surface area (Å²) in [7, 11) is 0. The van der Waals surface area contributed by atoms with Crippen molar-refractivity contribution in [3.05, 3.63) is 95.6 Å². The average Bonchev–Trinajstić information content (AvgIpc) is 2.68. The number of carbonyl (C=O) groups is 2. The number of nitrogens with one attached hydrogen (secondary N) is 1. The first kappa shape index (κ1) is 18.2. The molecule has 5 heteroatoms. The van der Waals surface area contributed by atoms with Gasteiger partial charge in [0.2, 0.25) is 5.91 Å². The predicted molar refractivity (Wildman–Crippen MR) is 105 cm³/mol. The van der Waals surface area contributed by atoms with Crippen LogP contribution in [0.2, 0.25) is 0 Å². The molecule has 0 saturated heterocycles. The van der Waals surface area contributed by atoms with E-state index in [1.807, 2.05) is 42.5 Å². The van der Waals surface area contributed by atoms with E-state index < -0.39 is 5.91 Å². The van der Waals surface area contributed by atoms with Crippen molar-refractivity contribution < 1.29 is 14.3 Å². The number of nitrogens with two attached hydrogens (primary N) is 1. The molecule has 2 amide bonds. The second kappa shape index (κ2) is 8.67. The van der Waals surface area contributed by atoms with Crippen LogP contribution in [-0.2, 0) is 11.2 Å². The van der Waals surface area contributed by atoms with Crippen molar-refractivity contribution >= 4 is 17.5 Å². The van der Waals surface area contributed by atoms with Gasteiger partial charge in [-0.05, 0) is 35.4 Å². The van der Waals surface area contributed by atoms with Gasteiger partial charge in [-0.15, -0.1) is 0 Å². The van der Waals surface area contributed by atoms with Crippen molar-refractivity contribution in [1.82, 2.24) is 0 Å². The molecule has 3 N–H and O–H groups in total. The predicted octanol–water partition coefficient (Wildman–Crippen LogP) is 3.39. The lowest BCUT2D eigenvalue weighted by atomic mass is 10.0. The zero-order chi connectivity index (χ0) is 19.1. The van der Waals surface area contributed by atoms with Crippen molar-refractivity contribution in [2.24, 2.45) is 5.73 Å². The number of primary amides is 1. The minimum Gasteiger partial charge on any atom is -0.483 e. The minimum atomic E-state index is -0.544. The van der Waals surface area contributed by atoms with Gasteiger partial charge in [0.05, 0.1) is 0 Å². The number of anilines is 1. The van der Waals surface area contributed by atoms with Gasteiger partial charge in [-0.2, -0.15) is 0 Å². The van der Waals surface area contributed by atoms with Crippen molar-refractivity contribution in [2.75, 3.05) is 11.9 Å². The van der Waals surface area contributed by atoms with E-state index >= 15 is 0 Å². The molecule has 0 saturated carbocycles. The first-order valence-electron chi connectivity index (χ1n) is 8.56. The smallest absolute Gasteiger partial charge is 0.262 e. The second-order valence-electron chi connectivity index (χ2n) is 6.05. The summed E-state index contributed by atoms with van der Waals surface area (Å²) >= 11 is 0. The lowest BCUT2D eigenvalue weighted by Crippen LogP contribution is -2.21. The van der Waals surface area contributed by atoms with Crippen LogP contribution in [0.1, 0.15) is 21.5 Å². The molecule has 0 radical (unpaired) electrons. The number of benzene rings is 3. The van der Waals surface area contributed by atoms with Gasteiger partial charge < -0.3 is 15.8 Å². The largest absolute Gasteiger partial charge is 0.483 e. The topological polar surface area (TPSA) is 81.4 Å². The number of hydrogen-bond acceptors (Lipinski definition) is 3. The van der Waals surface area contributed by atoms with E-state index in [1.165, 1.54) is 11.6 Å². The van der Waals surface area contributed by atoms with Crippen molar-refractivity contribution in [2.45, 2.75) is 6.42 Å². The Kier molecular flexibility index (Phi) is 5.84. The first-order chi connectivity index (χ1) is 13.1. The number of para-hydroxylation sites is 1. The fourth-order valence-corrected chi connectivity index (χ4v) is 2.70. The summed E-state index contributed by atoms with van der Waals surface area (Å²) in [5.74, 6) is -0.189. The molecule has 3 rings (SSSR count). The zero-order valence-electron chi connectivity index (χ0n) is 14.7. The minimum absolute atomic E-state index is 0.132. The van der Waals surface area contributed by atoms with Gasteiger partial charge in [0.25, 0.3) is 5.91 Å². The van der Waals surface area contributed by atoms with Gasteiger partial charge in [0.15, 0.2) is 6.61 Å². The van der Waals surface area contributed by atoms with Crippen LogP contribution in [0.5, 0.6) is 5.75 Å². The van der Waals surface area contributed by atoms with Crippen LogP contribution in [0.25, 0.3) is 0 Å². The molecule has 3 aromatic carbocycles. The van der Waals surface area contributed by atoms with E-state index in [-0.39, 0.29) is 12.5 Å². The monoisotopic (exact) mass is 360 g/mol. The summed E-state index contributed by atoms with van der Waals surface area (Å²) in [6.45, 7) is -0.132. The first-order valence-corrected chi connectivity index (χ1v) is 8.56. The molecule has 27 heavy (non-hydrogen) atoms. The van der Waals surface area contributed by atoms with Gasteiger partial charge in [0.1, 0.15) is 5.75 Å². The third-order valence-corrected chi connectivity index (χ3v) is 4.00. The van der Waals surface area contributed by atoms with E-state index in [0.717, 1.165) is 12.0 Å². The molecule has 5 nitrogen and oxygen atoms in total. The summed E-state index contributed by atoms with van der Waals surface area (Å²) in [5, 5.41) is 2.70. The fourth-order valence-electron chi connectivity index (χ4n) is 2.70. The molecule has 0 spiro atoms. The van der Waals surface area contributed by atoms with Crippen LogP contribution in [0, 0.1) is 0 Å². The van der Waals surface area contributed by atoms with Crippen LogP contribution in [0.3, 0.4) is 0 Å². The van der Waals surface area contributed by atoms with Gasteiger partial charge in [-0.25, -0.2) is 0 Å². The highest BCUT2D eigenvalue weighted by atomic mass is 16.5. The molecule has 0 atom stereocenters. The summed E-state index contributed by atoms with van der Waals surface area (Å²) in [6, 6.07) is 24.2. The van der Waals surface area contributed by atoms with Gasteiger partial charge in [-0.1, -0.05) is 54.6 Å². The number of rotatable bonds is 7. The molecule has 3 aromatic rings. The maximum absolute atomic E-state index is 12.2. The Morgan fingerprint density at radius 1 is 0.889 bits per heavy atom. The van der Waals surface area contributed by atoms with E-state index in [1.54, 1.807) is 18.2 Å². The Bertz CT molecular complexity index is 939. The van der Waals surface area contributed by atoms with Crippen molar-refractivity contribution in [1.29, 1.82) is 0 Å². The fraction of sp³-hybridized carbons (Fsp3) is 0.0909. The van der Waals surface area contributed by atoms with E-state index in [4.69, 9.17) is 10.5 Å². The Hall–Kier alpha value is -3.60. The average molecular weight is 360 g/mol. The Morgan fingerprint density at radius 2 is 1.63 bits per heavy atom. The third-order valence-electron chi connectivity index (χ3n) is 4.00. The molecular formula is C22H20N2O3. The van der Waals surface area contributed by atoms with E-state index in [0.29, 0.717) is 17.0 Å². The highest BCUT2D eigenvalue weighted by Gasteiger charge is 2.09. The van der Waals surface area contributed by atoms with Crippen LogP contribution in [-0.4, -0.2) is 18.4 Å². The molecule has 136 valence electrons. The maximum atomic E-state index is 12.2. The Labute approximate surface area is 157 Å². The van der Waals surface area contributed by atoms with Crippen LogP contribution >= 0.6 is 0 Å². The summed E-state index contributed by atoms with van der Waals surface area (Å²) in [6.07, 6.45) is 0.722. The van der Waals surface area contributed by atoms with Crippen molar-refractivity contribution in [3.63, 3.8) is 0 Å². The van der Waals surface area contributed by atoms with Crippen LogP contribution < -0.4 is 15.8 Å². The summed E-state index contributed by atoms with van der Waals surface area (Å²) in [5.41, 5.74) is 8.26. The molecule has 0 aromatic heterocycles. The lowest BCUT2D eigenvalue weighted by Gasteiger charge is -2.12. The van der Waals surface area contributed by atoms with Crippen LogP contribution in [0.15, 0.2) is 78.9 Å². The highest BCUT2D eigenvalue weighted by Crippen LogP contribution is 2.21. The van der Waals surface area contributed by atoms with E-state index in [2.05, 4.69) is 17.4 Å². The Balaban J connectivity index is 1.62. The molecule has 0 unspecified atom stereocenters. The molecular weight excluding hydrogens is 340 g/mol. The molecule has 0 bridgehead atoms. The molecule has 0 aliphatic heterocycles. The van der Waals surface area contributed by atoms with Gasteiger partial charge in [0, 0.05) is 17.7 Å². The SMILES string of the molecule is NC(=O)c1cccc(NC(=O)COc2ccccc2Cc2ccccc2)c1. The molecule has 0 heterocycles. The van der Waals surface area contributed by atoms with E-state index in [9.17, 15) is 9.59 Å². The third kappa shape index (κ3) is 5.19. The van der Waals surface area contributed by atoms with Gasteiger partial charge in [-0.3, -0.25) is 9.59 Å². The number of carbonyl (C=O) groups excluding carboxylic acids is 2. The number of hydrogen-bond donors (Lipinski definition) is 2. The Morgan fingerprint density at radius 3 is 2.41 bits per heavy atom. The zero-order valence-corrected chi connectivity index (χ0v) is 14.7. The quantitative estimate of drug-likeness (QED) is 0.678. The highest BCUT2D eigenvalue weighted by molar-refractivity contribution is 5.96. The normalized spacial score (nSPS) is 10.2. The molecule has 0 aliphatic carbocycles. The van der Waals surface area contributed by atoms with Crippen molar-refractivity contribution in [3.8, 4) is 5.75 Å².